The second kappa shape index (κ2) is 6.46. The van der Waals surface area contributed by atoms with Crippen LogP contribution in [0.2, 0.25) is 0 Å². The van der Waals surface area contributed by atoms with E-state index in [1.807, 2.05) is 0 Å². The topological polar surface area (TPSA) is 101 Å². The highest BCUT2D eigenvalue weighted by Gasteiger charge is 2.85. The van der Waals surface area contributed by atoms with Gasteiger partial charge < -0.3 is 9.84 Å². The van der Waals surface area contributed by atoms with Crippen LogP contribution in [0.1, 0.15) is 38.5 Å². The summed E-state index contributed by atoms with van der Waals surface area (Å²) < 4.78 is 109. The molecule has 2 atom stereocenters. The number of carbonyl (C=O) groups excluding carboxylic acids is 1. The van der Waals surface area contributed by atoms with Crippen LogP contribution in [0.4, 0.5) is 26.3 Å². The van der Waals surface area contributed by atoms with Crippen LogP contribution in [0.25, 0.3) is 0 Å². The fraction of sp³-hybridized carbons (Fsp3) is 0.938. The predicted octanol–water partition coefficient (Wildman–Crippen LogP) is 2.86. The van der Waals surface area contributed by atoms with Gasteiger partial charge in [0.05, 0.1) is 6.61 Å². The van der Waals surface area contributed by atoms with Crippen LogP contribution >= 0.6 is 0 Å². The second-order valence-electron chi connectivity index (χ2n) is 8.85. The zero-order valence-corrected chi connectivity index (χ0v) is 15.8. The van der Waals surface area contributed by atoms with E-state index in [2.05, 4.69) is 4.74 Å². The van der Waals surface area contributed by atoms with Gasteiger partial charge in [-0.05, 0) is 55.8 Å². The quantitative estimate of drug-likeness (QED) is 0.377. The zero-order chi connectivity index (χ0) is 22.1. The van der Waals surface area contributed by atoms with E-state index >= 15 is 0 Å². The van der Waals surface area contributed by atoms with Crippen molar-refractivity contribution in [3.63, 3.8) is 0 Å². The van der Waals surface area contributed by atoms with Gasteiger partial charge in [0.1, 0.15) is 0 Å². The van der Waals surface area contributed by atoms with Gasteiger partial charge in [-0.1, -0.05) is 0 Å². The van der Waals surface area contributed by atoms with Gasteiger partial charge in [-0.2, -0.15) is 34.8 Å². The number of hydrogen-bond acceptors (Lipinski definition) is 5. The molecule has 0 aliphatic heterocycles. The van der Waals surface area contributed by atoms with Crippen molar-refractivity contribution >= 4 is 16.1 Å². The standard InChI is InChI=1S/C16H20F6O6S/c17-15(18,19)14(16(20,21)22,29(25,26)27)11(24)28-8-13-4-9-1-10(5-13)3-12(2-9,6-13)7-23/h9-10,23H,1-8H2,(H,25,26,27). The van der Waals surface area contributed by atoms with Gasteiger partial charge in [-0.3, -0.25) is 4.55 Å². The summed E-state index contributed by atoms with van der Waals surface area (Å²) in [7, 11) is -7.00. The molecule has 4 fully saturated rings. The first kappa shape index (κ1) is 22.6. The monoisotopic (exact) mass is 454 g/mol. The minimum Gasteiger partial charge on any atom is -0.463 e. The summed E-state index contributed by atoms with van der Waals surface area (Å²) >= 11 is 0. The van der Waals surface area contributed by atoms with E-state index in [1.165, 1.54) is 0 Å². The lowest BCUT2D eigenvalue weighted by atomic mass is 9.44. The molecule has 0 heterocycles. The number of esters is 1. The number of rotatable bonds is 5. The maximum absolute atomic E-state index is 13.2. The van der Waals surface area contributed by atoms with Crippen molar-refractivity contribution in [1.29, 1.82) is 0 Å². The summed E-state index contributed by atoms with van der Waals surface area (Å²) in [6, 6.07) is 0. The molecule has 0 saturated heterocycles. The summed E-state index contributed by atoms with van der Waals surface area (Å²) in [6.45, 7) is -1.04. The fourth-order valence-electron chi connectivity index (χ4n) is 6.11. The molecule has 2 N–H and O–H groups in total. The van der Waals surface area contributed by atoms with Crippen LogP contribution in [0.5, 0.6) is 0 Å². The van der Waals surface area contributed by atoms with E-state index in [-0.39, 0.29) is 24.9 Å². The van der Waals surface area contributed by atoms with Crippen molar-refractivity contribution < 1.29 is 54.0 Å². The number of halogens is 6. The molecular weight excluding hydrogens is 434 g/mol. The highest BCUT2D eigenvalue weighted by Crippen LogP contribution is 2.65. The molecule has 4 aliphatic carbocycles. The lowest BCUT2D eigenvalue weighted by Gasteiger charge is -2.61. The Hall–Kier alpha value is -1.08. The first-order valence-corrected chi connectivity index (χ1v) is 10.3. The van der Waals surface area contributed by atoms with Gasteiger partial charge in [0.2, 0.25) is 0 Å². The van der Waals surface area contributed by atoms with Crippen LogP contribution in [0.15, 0.2) is 0 Å². The van der Waals surface area contributed by atoms with E-state index in [0.29, 0.717) is 25.7 Å². The molecule has 4 aliphatic rings. The molecule has 2 unspecified atom stereocenters. The summed E-state index contributed by atoms with van der Waals surface area (Å²) in [5, 5.41) is 9.76. The zero-order valence-electron chi connectivity index (χ0n) is 15.0. The number of alkyl halides is 6. The molecule has 6 nitrogen and oxygen atoms in total. The van der Waals surface area contributed by atoms with Crippen molar-refractivity contribution in [2.24, 2.45) is 22.7 Å². The third-order valence-corrected chi connectivity index (χ3v) is 8.02. The Morgan fingerprint density at radius 3 is 1.79 bits per heavy atom. The maximum atomic E-state index is 13.2. The molecule has 29 heavy (non-hydrogen) atoms. The minimum atomic E-state index is -7.00. The Bertz CT molecular complexity index is 761. The van der Waals surface area contributed by atoms with Crippen LogP contribution in [-0.4, -0.2) is 54.4 Å². The van der Waals surface area contributed by atoms with Crippen molar-refractivity contribution in [3.8, 4) is 0 Å². The number of ether oxygens (including phenoxy) is 1. The van der Waals surface area contributed by atoms with Gasteiger partial charge in [0.25, 0.3) is 0 Å². The molecule has 4 rings (SSSR count). The molecular formula is C16H20F6O6S. The highest BCUT2D eigenvalue weighted by atomic mass is 32.2. The number of aliphatic hydroxyl groups excluding tert-OH is 1. The average Bonchev–Trinajstić information content (AvgIpc) is 2.48. The average molecular weight is 454 g/mol. The van der Waals surface area contributed by atoms with Gasteiger partial charge in [0, 0.05) is 12.0 Å². The molecule has 4 saturated carbocycles. The SMILES string of the molecule is O=C(OCC12CC3CC(CC(CO)(C3)C1)C2)C(C(F)(F)F)(C(F)(F)F)S(=O)(=O)O. The number of aliphatic hydroxyl groups is 1. The third kappa shape index (κ3) is 3.32. The molecule has 13 heteroatoms. The van der Waals surface area contributed by atoms with E-state index < -0.39 is 50.6 Å². The molecule has 0 amide bonds. The summed E-state index contributed by atoms with van der Waals surface area (Å²) in [6.07, 6.45) is -10.2. The van der Waals surface area contributed by atoms with E-state index in [0.717, 1.165) is 6.42 Å². The fourth-order valence-corrected chi connectivity index (χ4v) is 6.97. The Morgan fingerprint density at radius 1 is 0.966 bits per heavy atom. The number of carbonyl (C=O) groups is 1. The van der Waals surface area contributed by atoms with Gasteiger partial charge >= 0.3 is 33.2 Å². The Morgan fingerprint density at radius 2 is 1.41 bits per heavy atom. The predicted molar refractivity (Wildman–Crippen MR) is 84.0 cm³/mol. The summed E-state index contributed by atoms with van der Waals surface area (Å²) in [4.78, 5) is 12.0. The van der Waals surface area contributed by atoms with Crippen LogP contribution in [0.3, 0.4) is 0 Å². The van der Waals surface area contributed by atoms with Crippen molar-refractivity contribution in [3.05, 3.63) is 0 Å². The highest BCUT2D eigenvalue weighted by molar-refractivity contribution is 7.88. The van der Waals surface area contributed by atoms with Crippen molar-refractivity contribution in [2.75, 3.05) is 13.2 Å². The lowest BCUT2D eigenvalue weighted by molar-refractivity contribution is -0.270. The Balaban J connectivity index is 1.90. The maximum Gasteiger partial charge on any atom is 0.430 e. The second-order valence-corrected chi connectivity index (χ2v) is 10.4. The van der Waals surface area contributed by atoms with E-state index in [1.54, 1.807) is 0 Å². The molecule has 0 spiro atoms. The summed E-state index contributed by atoms with van der Waals surface area (Å²) in [5.74, 6) is -2.92. The van der Waals surface area contributed by atoms with E-state index in [9.17, 15) is 44.7 Å². The third-order valence-electron chi connectivity index (χ3n) is 6.62. The van der Waals surface area contributed by atoms with E-state index in [4.69, 9.17) is 4.55 Å². The largest absolute Gasteiger partial charge is 0.463 e. The molecule has 4 bridgehead atoms. The van der Waals surface area contributed by atoms with Crippen LogP contribution in [-0.2, 0) is 19.6 Å². The summed E-state index contributed by atoms with van der Waals surface area (Å²) in [5.41, 5.74) is -1.45. The van der Waals surface area contributed by atoms with Crippen LogP contribution < -0.4 is 0 Å². The Labute approximate surface area is 162 Å². The van der Waals surface area contributed by atoms with Crippen LogP contribution in [0, 0.1) is 22.7 Å². The normalized spacial score (nSPS) is 35.0. The minimum absolute atomic E-state index is 0.0960. The lowest BCUT2D eigenvalue weighted by Crippen LogP contribution is -2.67. The van der Waals surface area contributed by atoms with Crippen molar-refractivity contribution in [1.82, 2.24) is 0 Å². The number of hydrogen-bond donors (Lipinski definition) is 2. The van der Waals surface area contributed by atoms with Gasteiger partial charge in [0.15, 0.2) is 0 Å². The van der Waals surface area contributed by atoms with Crippen molar-refractivity contribution in [2.45, 2.75) is 55.6 Å². The first-order valence-electron chi connectivity index (χ1n) is 8.89. The molecule has 0 radical (unpaired) electrons. The van der Waals surface area contributed by atoms with Gasteiger partial charge in [-0.25, -0.2) is 4.79 Å². The molecule has 168 valence electrons. The van der Waals surface area contributed by atoms with Gasteiger partial charge in [-0.15, -0.1) is 0 Å². The molecule has 0 aromatic carbocycles. The first-order chi connectivity index (χ1) is 13.0. The Kier molecular flexibility index (Phi) is 5.03. The smallest absolute Gasteiger partial charge is 0.430 e. The molecule has 0 aromatic heterocycles. The molecule has 0 aromatic rings.